The molecule has 1 amide bonds. The van der Waals surface area contributed by atoms with Gasteiger partial charge in [0.25, 0.3) is 0 Å². The van der Waals surface area contributed by atoms with Crippen molar-refractivity contribution < 1.29 is 4.79 Å². The third-order valence-corrected chi connectivity index (χ3v) is 3.81. The first-order valence-electron chi connectivity index (χ1n) is 6.64. The van der Waals surface area contributed by atoms with E-state index in [0.29, 0.717) is 0 Å². The lowest BCUT2D eigenvalue weighted by atomic mass is 9.64. The van der Waals surface area contributed by atoms with Crippen molar-refractivity contribution in [1.82, 2.24) is 10.2 Å². The number of nitrogens with zero attached hydrogens (tertiary/aromatic N) is 1. The van der Waals surface area contributed by atoms with Crippen molar-refractivity contribution in [3.8, 4) is 0 Å². The molecular formula is C15H22N2O. The highest BCUT2D eigenvalue weighted by Crippen LogP contribution is 2.43. The minimum absolute atomic E-state index is 0.196. The lowest BCUT2D eigenvalue weighted by Crippen LogP contribution is -2.50. The van der Waals surface area contributed by atoms with E-state index in [-0.39, 0.29) is 11.3 Å². The lowest BCUT2D eigenvalue weighted by Gasteiger charge is -2.40. The third kappa shape index (κ3) is 2.56. The molecule has 1 N–H and O–H groups in total. The monoisotopic (exact) mass is 246 g/mol. The minimum Gasteiger partial charge on any atom is -0.354 e. The molecule has 98 valence electrons. The van der Waals surface area contributed by atoms with Crippen LogP contribution in [0.15, 0.2) is 30.3 Å². The van der Waals surface area contributed by atoms with E-state index in [1.807, 2.05) is 32.3 Å². The maximum atomic E-state index is 12.4. The predicted molar refractivity (Wildman–Crippen MR) is 73.5 cm³/mol. The van der Waals surface area contributed by atoms with Gasteiger partial charge in [-0.3, -0.25) is 4.79 Å². The van der Waals surface area contributed by atoms with Crippen LogP contribution in [0.5, 0.6) is 0 Å². The summed E-state index contributed by atoms with van der Waals surface area (Å²) in [6.45, 7) is 1.61. The molecule has 1 aromatic carbocycles. The second-order valence-corrected chi connectivity index (χ2v) is 5.36. The number of hydrogen-bond donors (Lipinski definition) is 1. The van der Waals surface area contributed by atoms with E-state index in [1.54, 1.807) is 0 Å². The van der Waals surface area contributed by atoms with Gasteiger partial charge in [-0.1, -0.05) is 36.8 Å². The van der Waals surface area contributed by atoms with E-state index in [1.165, 1.54) is 5.56 Å². The summed E-state index contributed by atoms with van der Waals surface area (Å²) in [5, 5.41) is 3.07. The normalized spacial score (nSPS) is 17.3. The van der Waals surface area contributed by atoms with Crippen molar-refractivity contribution in [2.24, 2.45) is 0 Å². The van der Waals surface area contributed by atoms with E-state index in [0.717, 1.165) is 32.4 Å². The number of amides is 1. The standard InChI is InChI=1S/C15H22N2O/c1-17(2)12-11-16-14(18)15(9-6-10-15)13-7-4-3-5-8-13/h3-5,7-8H,6,9-12H2,1-2H3,(H,16,18). The zero-order valence-electron chi connectivity index (χ0n) is 11.3. The van der Waals surface area contributed by atoms with Gasteiger partial charge < -0.3 is 10.2 Å². The van der Waals surface area contributed by atoms with Crippen LogP contribution in [0.4, 0.5) is 0 Å². The summed E-state index contributed by atoms with van der Waals surface area (Å²) in [7, 11) is 4.03. The van der Waals surface area contributed by atoms with Gasteiger partial charge in [0, 0.05) is 13.1 Å². The Morgan fingerprint density at radius 2 is 1.94 bits per heavy atom. The fourth-order valence-corrected chi connectivity index (χ4v) is 2.50. The molecule has 1 aliphatic carbocycles. The highest BCUT2D eigenvalue weighted by Gasteiger charge is 2.45. The van der Waals surface area contributed by atoms with E-state index in [9.17, 15) is 4.79 Å². The van der Waals surface area contributed by atoms with Gasteiger partial charge in [0.05, 0.1) is 5.41 Å². The number of rotatable bonds is 5. The van der Waals surface area contributed by atoms with Crippen molar-refractivity contribution in [3.05, 3.63) is 35.9 Å². The Balaban J connectivity index is 2.02. The lowest BCUT2D eigenvalue weighted by molar-refractivity contribution is -0.129. The zero-order chi connectivity index (χ0) is 13.0. The van der Waals surface area contributed by atoms with Crippen LogP contribution < -0.4 is 5.32 Å². The van der Waals surface area contributed by atoms with Crippen LogP contribution in [0.25, 0.3) is 0 Å². The molecule has 0 spiro atoms. The molecule has 0 atom stereocenters. The number of likely N-dealkylation sites (N-methyl/N-ethyl adjacent to an activating group) is 1. The second kappa shape index (κ2) is 5.53. The predicted octanol–water partition coefficient (Wildman–Crippen LogP) is 1.79. The molecule has 2 rings (SSSR count). The maximum absolute atomic E-state index is 12.4. The van der Waals surface area contributed by atoms with E-state index >= 15 is 0 Å². The van der Waals surface area contributed by atoms with Crippen LogP contribution in [0.3, 0.4) is 0 Å². The van der Waals surface area contributed by atoms with Crippen molar-refractivity contribution in [2.45, 2.75) is 24.7 Å². The molecule has 0 radical (unpaired) electrons. The molecule has 1 saturated carbocycles. The first kappa shape index (κ1) is 13.1. The van der Waals surface area contributed by atoms with Crippen LogP contribution in [-0.4, -0.2) is 38.0 Å². The molecule has 3 nitrogen and oxygen atoms in total. The number of benzene rings is 1. The number of nitrogens with one attached hydrogen (secondary N) is 1. The van der Waals surface area contributed by atoms with Gasteiger partial charge in [-0.05, 0) is 32.5 Å². The fraction of sp³-hybridized carbons (Fsp3) is 0.533. The van der Waals surface area contributed by atoms with Crippen molar-refractivity contribution >= 4 is 5.91 Å². The first-order chi connectivity index (χ1) is 8.65. The number of carbonyl (C=O) groups excluding carboxylic acids is 1. The van der Waals surface area contributed by atoms with Crippen molar-refractivity contribution in [3.63, 3.8) is 0 Å². The average Bonchev–Trinajstić information content (AvgIpc) is 2.28. The van der Waals surface area contributed by atoms with E-state index in [2.05, 4.69) is 22.3 Å². The average molecular weight is 246 g/mol. The van der Waals surface area contributed by atoms with Gasteiger partial charge in [0.15, 0.2) is 0 Å². The smallest absolute Gasteiger partial charge is 0.230 e. The van der Waals surface area contributed by atoms with Crippen molar-refractivity contribution in [1.29, 1.82) is 0 Å². The Hall–Kier alpha value is -1.35. The molecule has 0 unspecified atom stereocenters. The molecule has 0 aromatic heterocycles. The summed E-state index contributed by atoms with van der Waals surface area (Å²) in [6, 6.07) is 10.2. The SMILES string of the molecule is CN(C)CCNC(=O)C1(c2ccccc2)CCC1. The molecule has 0 saturated heterocycles. The molecule has 0 bridgehead atoms. The Labute approximate surface area is 109 Å². The van der Waals surface area contributed by atoms with Gasteiger partial charge in [-0.15, -0.1) is 0 Å². The molecular weight excluding hydrogens is 224 g/mol. The summed E-state index contributed by atoms with van der Waals surface area (Å²) < 4.78 is 0. The van der Waals surface area contributed by atoms with Gasteiger partial charge in [-0.2, -0.15) is 0 Å². The fourth-order valence-electron chi connectivity index (χ4n) is 2.50. The minimum atomic E-state index is -0.256. The van der Waals surface area contributed by atoms with Crippen LogP contribution in [0.1, 0.15) is 24.8 Å². The van der Waals surface area contributed by atoms with Gasteiger partial charge >= 0.3 is 0 Å². The Kier molecular flexibility index (Phi) is 4.02. The van der Waals surface area contributed by atoms with Crippen LogP contribution in [0.2, 0.25) is 0 Å². The largest absolute Gasteiger partial charge is 0.354 e. The first-order valence-corrected chi connectivity index (χ1v) is 6.64. The van der Waals surface area contributed by atoms with E-state index in [4.69, 9.17) is 0 Å². The summed E-state index contributed by atoms with van der Waals surface area (Å²) in [6.07, 6.45) is 3.10. The van der Waals surface area contributed by atoms with Gasteiger partial charge in [0.2, 0.25) is 5.91 Å². The molecule has 1 aromatic rings. The maximum Gasteiger partial charge on any atom is 0.230 e. The van der Waals surface area contributed by atoms with Crippen molar-refractivity contribution in [2.75, 3.05) is 27.2 Å². The highest BCUT2D eigenvalue weighted by atomic mass is 16.2. The third-order valence-electron chi connectivity index (χ3n) is 3.81. The summed E-state index contributed by atoms with van der Waals surface area (Å²) in [4.78, 5) is 14.5. The molecule has 0 heterocycles. The van der Waals surface area contributed by atoms with E-state index < -0.39 is 0 Å². The number of carbonyl (C=O) groups is 1. The quantitative estimate of drug-likeness (QED) is 0.859. The summed E-state index contributed by atoms with van der Waals surface area (Å²) in [5.74, 6) is 0.196. The van der Waals surface area contributed by atoms with Crippen LogP contribution >= 0.6 is 0 Å². The Morgan fingerprint density at radius 3 is 2.44 bits per heavy atom. The highest BCUT2D eigenvalue weighted by molar-refractivity contribution is 5.89. The Bertz CT molecular complexity index is 396. The van der Waals surface area contributed by atoms with Crippen LogP contribution in [0, 0.1) is 0 Å². The molecule has 18 heavy (non-hydrogen) atoms. The Morgan fingerprint density at radius 1 is 1.28 bits per heavy atom. The molecule has 0 aliphatic heterocycles. The van der Waals surface area contributed by atoms with Gasteiger partial charge in [0.1, 0.15) is 0 Å². The molecule has 1 fully saturated rings. The topological polar surface area (TPSA) is 32.3 Å². The molecule has 3 heteroatoms. The molecule has 1 aliphatic rings. The summed E-state index contributed by atoms with van der Waals surface area (Å²) in [5.41, 5.74) is 0.909. The number of hydrogen-bond acceptors (Lipinski definition) is 2. The summed E-state index contributed by atoms with van der Waals surface area (Å²) >= 11 is 0. The van der Waals surface area contributed by atoms with Crippen LogP contribution in [-0.2, 0) is 10.2 Å². The van der Waals surface area contributed by atoms with Gasteiger partial charge in [-0.25, -0.2) is 0 Å². The second-order valence-electron chi connectivity index (χ2n) is 5.36. The zero-order valence-corrected chi connectivity index (χ0v) is 11.3.